The number of fused-ring (bicyclic) bond motifs is 1. The number of aryl methyl sites for hydroxylation is 1. The van der Waals surface area contributed by atoms with E-state index in [0.29, 0.717) is 17.8 Å². The number of hydrogen-bond acceptors (Lipinski definition) is 5. The van der Waals surface area contributed by atoms with Crippen molar-refractivity contribution in [1.82, 2.24) is 19.6 Å². The zero-order valence-corrected chi connectivity index (χ0v) is 16.0. The molecular weight excluding hydrogens is 366 g/mol. The number of benzene rings is 1. The summed E-state index contributed by atoms with van der Waals surface area (Å²) in [7, 11) is -3.00. The highest BCUT2D eigenvalue weighted by Crippen LogP contribution is 2.29. The van der Waals surface area contributed by atoms with Crippen molar-refractivity contribution < 1.29 is 13.2 Å². The van der Waals surface area contributed by atoms with Crippen LogP contribution in [0.5, 0.6) is 0 Å². The Balaban J connectivity index is 1.51. The molecule has 0 bridgehead atoms. The predicted octanol–water partition coefficient (Wildman–Crippen LogP) is 1.85. The van der Waals surface area contributed by atoms with Gasteiger partial charge in [-0.25, -0.2) is 8.42 Å². The molecule has 1 amide bonds. The lowest BCUT2D eigenvalue weighted by molar-refractivity contribution is -0.116. The molecule has 1 N–H and O–H groups in total. The highest BCUT2D eigenvalue weighted by atomic mass is 32.2. The molecule has 142 valence electrons. The summed E-state index contributed by atoms with van der Waals surface area (Å²) in [5, 5.41) is 12.7. The van der Waals surface area contributed by atoms with Crippen LogP contribution < -0.4 is 5.32 Å². The fourth-order valence-electron chi connectivity index (χ4n) is 3.59. The lowest BCUT2D eigenvalue weighted by atomic mass is 10.2. The van der Waals surface area contributed by atoms with Gasteiger partial charge in [-0.15, -0.1) is 0 Å². The molecule has 1 aromatic carbocycles. The molecule has 3 heterocycles. The third-order valence-electron chi connectivity index (χ3n) is 4.91. The van der Waals surface area contributed by atoms with Crippen molar-refractivity contribution in [3.05, 3.63) is 41.9 Å². The van der Waals surface area contributed by atoms with Gasteiger partial charge in [-0.3, -0.25) is 14.2 Å². The van der Waals surface area contributed by atoms with Crippen LogP contribution in [0.2, 0.25) is 0 Å². The Morgan fingerprint density at radius 2 is 2.04 bits per heavy atom. The van der Waals surface area contributed by atoms with E-state index in [1.165, 1.54) is 0 Å². The van der Waals surface area contributed by atoms with Crippen molar-refractivity contribution in [2.24, 2.45) is 0 Å². The molecule has 9 heteroatoms. The Hall–Kier alpha value is -2.68. The minimum absolute atomic E-state index is 0.0938. The van der Waals surface area contributed by atoms with E-state index in [2.05, 4.69) is 15.5 Å². The number of amides is 1. The lowest BCUT2D eigenvalue weighted by Crippen LogP contribution is -2.20. The second-order valence-corrected chi connectivity index (χ2v) is 9.21. The van der Waals surface area contributed by atoms with Crippen LogP contribution in [0.15, 0.2) is 30.5 Å². The van der Waals surface area contributed by atoms with Crippen molar-refractivity contribution in [3.8, 4) is 0 Å². The monoisotopic (exact) mass is 387 g/mol. The van der Waals surface area contributed by atoms with Gasteiger partial charge in [0.2, 0.25) is 5.91 Å². The normalized spacial score (nSPS) is 18.8. The molecule has 1 saturated heterocycles. The molecule has 1 atom stereocenters. The molecule has 0 saturated carbocycles. The Kier molecular flexibility index (Phi) is 4.26. The summed E-state index contributed by atoms with van der Waals surface area (Å²) >= 11 is 0. The van der Waals surface area contributed by atoms with Gasteiger partial charge in [0, 0.05) is 11.6 Å². The number of aromatic nitrogens is 4. The Morgan fingerprint density at radius 3 is 2.74 bits per heavy atom. The van der Waals surface area contributed by atoms with Gasteiger partial charge < -0.3 is 5.32 Å². The molecule has 8 nitrogen and oxygen atoms in total. The molecule has 1 unspecified atom stereocenters. The first-order valence-electron chi connectivity index (χ1n) is 8.80. The number of anilines is 1. The van der Waals surface area contributed by atoms with Gasteiger partial charge >= 0.3 is 0 Å². The second kappa shape index (κ2) is 6.49. The number of carbonyl (C=O) groups is 1. The summed E-state index contributed by atoms with van der Waals surface area (Å²) in [5.74, 6) is 0.0832. The van der Waals surface area contributed by atoms with Gasteiger partial charge in [-0.05, 0) is 26.3 Å². The predicted molar refractivity (Wildman–Crippen MR) is 102 cm³/mol. The van der Waals surface area contributed by atoms with E-state index < -0.39 is 9.84 Å². The maximum absolute atomic E-state index is 12.5. The molecule has 1 aliphatic rings. The second-order valence-electron chi connectivity index (χ2n) is 6.98. The number of rotatable bonds is 4. The summed E-state index contributed by atoms with van der Waals surface area (Å²) in [4.78, 5) is 12.5. The first kappa shape index (κ1) is 17.7. The average molecular weight is 387 g/mol. The summed E-state index contributed by atoms with van der Waals surface area (Å²) < 4.78 is 26.8. The molecule has 0 spiro atoms. The molecule has 1 fully saturated rings. The Bertz CT molecular complexity index is 1100. The van der Waals surface area contributed by atoms with Crippen molar-refractivity contribution >= 4 is 32.3 Å². The Labute approximate surface area is 157 Å². The third kappa shape index (κ3) is 3.46. The van der Waals surface area contributed by atoms with Gasteiger partial charge in [-0.1, -0.05) is 18.2 Å². The summed E-state index contributed by atoms with van der Waals surface area (Å²) in [5.41, 5.74) is 2.93. The van der Waals surface area contributed by atoms with Crippen LogP contribution >= 0.6 is 0 Å². The van der Waals surface area contributed by atoms with Crippen LogP contribution in [0.25, 0.3) is 10.9 Å². The summed E-state index contributed by atoms with van der Waals surface area (Å²) in [6.07, 6.45) is 2.39. The Morgan fingerprint density at radius 1 is 1.26 bits per heavy atom. The number of hydrogen-bond donors (Lipinski definition) is 1. The highest BCUT2D eigenvalue weighted by Gasteiger charge is 2.31. The quantitative estimate of drug-likeness (QED) is 0.737. The van der Waals surface area contributed by atoms with Gasteiger partial charge in [0.15, 0.2) is 9.84 Å². The molecule has 0 radical (unpaired) electrons. The van der Waals surface area contributed by atoms with Crippen molar-refractivity contribution in [1.29, 1.82) is 0 Å². The van der Waals surface area contributed by atoms with E-state index in [1.807, 2.05) is 44.3 Å². The van der Waals surface area contributed by atoms with E-state index in [9.17, 15) is 13.2 Å². The van der Waals surface area contributed by atoms with Crippen molar-refractivity contribution in [2.75, 3.05) is 16.8 Å². The van der Waals surface area contributed by atoms with Crippen molar-refractivity contribution in [3.63, 3.8) is 0 Å². The van der Waals surface area contributed by atoms with E-state index in [0.717, 1.165) is 16.6 Å². The van der Waals surface area contributed by atoms with E-state index in [-0.39, 0.29) is 30.0 Å². The molecule has 4 rings (SSSR count). The molecule has 3 aromatic rings. The number of nitrogens with one attached hydrogen (secondary N) is 1. The summed E-state index contributed by atoms with van der Waals surface area (Å²) in [6.45, 7) is 3.75. The fraction of sp³-hybridized carbons (Fsp3) is 0.389. The number of carbonyl (C=O) groups excluding carboxylic acids is 1. The SMILES string of the molecule is Cc1nn(C2CCS(=O)(=O)C2)c(C)c1NC(=O)Cn1cc2ccccc2n1. The average Bonchev–Trinajstić information content (AvgIpc) is 3.25. The minimum atomic E-state index is -3.00. The molecule has 27 heavy (non-hydrogen) atoms. The maximum Gasteiger partial charge on any atom is 0.246 e. The molecule has 2 aromatic heterocycles. The van der Waals surface area contributed by atoms with Crippen LogP contribution in [0.3, 0.4) is 0 Å². The highest BCUT2D eigenvalue weighted by molar-refractivity contribution is 7.91. The molecule has 1 aliphatic heterocycles. The van der Waals surface area contributed by atoms with Gasteiger partial charge in [0.1, 0.15) is 6.54 Å². The fourth-order valence-corrected chi connectivity index (χ4v) is 5.28. The van der Waals surface area contributed by atoms with E-state index in [1.54, 1.807) is 9.36 Å². The lowest BCUT2D eigenvalue weighted by Gasteiger charge is -2.11. The third-order valence-corrected chi connectivity index (χ3v) is 6.66. The standard InChI is InChI=1S/C18H21N5O3S/c1-12-18(13(2)23(20-12)15-7-8-27(25,26)11-15)19-17(24)10-22-9-14-5-3-4-6-16(14)21-22/h3-6,9,15H,7-8,10-11H2,1-2H3,(H,19,24). The number of nitrogens with zero attached hydrogens (tertiary/aromatic N) is 4. The van der Waals surface area contributed by atoms with Crippen LogP contribution in [-0.2, 0) is 21.2 Å². The van der Waals surface area contributed by atoms with Gasteiger partial charge in [-0.2, -0.15) is 10.2 Å². The van der Waals surface area contributed by atoms with Crippen LogP contribution in [0.1, 0.15) is 23.9 Å². The van der Waals surface area contributed by atoms with E-state index >= 15 is 0 Å². The smallest absolute Gasteiger partial charge is 0.246 e. The summed E-state index contributed by atoms with van der Waals surface area (Å²) in [6, 6.07) is 7.52. The maximum atomic E-state index is 12.5. The number of sulfone groups is 1. The van der Waals surface area contributed by atoms with Crippen LogP contribution in [0.4, 0.5) is 5.69 Å². The minimum Gasteiger partial charge on any atom is -0.321 e. The van der Waals surface area contributed by atoms with Gasteiger partial charge in [0.25, 0.3) is 0 Å². The van der Waals surface area contributed by atoms with Crippen LogP contribution in [-0.4, -0.2) is 45.4 Å². The molecular formula is C18H21N5O3S. The van der Waals surface area contributed by atoms with Crippen molar-refractivity contribution in [2.45, 2.75) is 32.9 Å². The largest absolute Gasteiger partial charge is 0.321 e. The van der Waals surface area contributed by atoms with E-state index in [4.69, 9.17) is 0 Å². The van der Waals surface area contributed by atoms with Gasteiger partial charge in [0.05, 0.1) is 40.1 Å². The zero-order valence-electron chi connectivity index (χ0n) is 15.2. The molecule has 0 aliphatic carbocycles. The first-order valence-corrected chi connectivity index (χ1v) is 10.6. The topological polar surface area (TPSA) is 98.9 Å². The first-order chi connectivity index (χ1) is 12.8. The zero-order chi connectivity index (χ0) is 19.2. The van der Waals surface area contributed by atoms with Crippen LogP contribution in [0, 0.1) is 13.8 Å².